The second kappa shape index (κ2) is 7.96. The highest BCUT2D eigenvalue weighted by atomic mass is 16.4. The van der Waals surface area contributed by atoms with Crippen LogP contribution in [-0.2, 0) is 4.79 Å². The monoisotopic (exact) mass is 230 g/mol. The van der Waals surface area contributed by atoms with Crippen LogP contribution in [0, 0.1) is 0 Å². The second-order valence-corrected chi connectivity index (χ2v) is 3.96. The van der Waals surface area contributed by atoms with Crippen LogP contribution in [-0.4, -0.2) is 29.2 Å². The lowest BCUT2D eigenvalue weighted by Crippen LogP contribution is -2.48. The quantitative estimate of drug-likeness (QED) is 0.623. The van der Waals surface area contributed by atoms with Gasteiger partial charge < -0.3 is 15.7 Å². The van der Waals surface area contributed by atoms with E-state index in [1.807, 2.05) is 20.8 Å². The summed E-state index contributed by atoms with van der Waals surface area (Å²) in [5, 5.41) is 14.0. The molecule has 0 aliphatic rings. The van der Waals surface area contributed by atoms with Crippen molar-refractivity contribution in [2.24, 2.45) is 0 Å². The number of amides is 2. The molecule has 0 spiro atoms. The zero-order valence-electron chi connectivity index (χ0n) is 10.2. The smallest absolute Gasteiger partial charge is 0.326 e. The predicted molar refractivity (Wildman–Crippen MR) is 62.4 cm³/mol. The number of carboxylic acids is 1. The van der Waals surface area contributed by atoms with Gasteiger partial charge in [0.15, 0.2) is 0 Å². The summed E-state index contributed by atoms with van der Waals surface area (Å²) in [6, 6.07) is -1.14. The molecule has 0 fully saturated rings. The second-order valence-electron chi connectivity index (χ2n) is 3.96. The van der Waals surface area contributed by atoms with E-state index < -0.39 is 18.0 Å². The Hall–Kier alpha value is -1.26. The first-order valence-electron chi connectivity index (χ1n) is 5.81. The topological polar surface area (TPSA) is 78.4 Å². The summed E-state index contributed by atoms with van der Waals surface area (Å²) in [5.41, 5.74) is 0. The minimum Gasteiger partial charge on any atom is -0.480 e. The molecule has 0 bridgehead atoms. The van der Waals surface area contributed by atoms with Crippen molar-refractivity contribution >= 4 is 12.0 Å². The van der Waals surface area contributed by atoms with E-state index in [9.17, 15) is 9.59 Å². The van der Waals surface area contributed by atoms with Gasteiger partial charge in [-0.05, 0) is 19.8 Å². The van der Waals surface area contributed by atoms with Crippen molar-refractivity contribution in [2.75, 3.05) is 0 Å². The molecule has 0 rings (SSSR count). The molecule has 2 atom stereocenters. The van der Waals surface area contributed by atoms with Gasteiger partial charge in [-0.2, -0.15) is 0 Å². The number of rotatable bonds is 7. The first-order valence-corrected chi connectivity index (χ1v) is 5.81. The van der Waals surface area contributed by atoms with Crippen LogP contribution in [0.1, 0.15) is 46.5 Å². The maximum absolute atomic E-state index is 11.4. The number of hydrogen-bond donors (Lipinski definition) is 3. The standard InChI is InChI=1S/C11H22N2O3/c1-4-6-7-9(10(14)15)13-11(16)12-8(3)5-2/h8-9H,4-7H2,1-3H3,(H,14,15)(H2,12,13,16). The van der Waals surface area contributed by atoms with Gasteiger partial charge in [0.25, 0.3) is 0 Å². The Labute approximate surface area is 96.6 Å². The number of aliphatic carboxylic acids is 1. The van der Waals surface area contributed by atoms with E-state index in [0.29, 0.717) is 6.42 Å². The van der Waals surface area contributed by atoms with Gasteiger partial charge in [-0.15, -0.1) is 0 Å². The Morgan fingerprint density at radius 1 is 1.25 bits per heavy atom. The first kappa shape index (κ1) is 14.7. The van der Waals surface area contributed by atoms with Crippen molar-refractivity contribution in [2.45, 2.75) is 58.5 Å². The molecule has 0 aliphatic carbocycles. The Kier molecular flexibility index (Phi) is 7.33. The molecule has 0 radical (unpaired) electrons. The van der Waals surface area contributed by atoms with E-state index in [0.717, 1.165) is 19.3 Å². The fourth-order valence-corrected chi connectivity index (χ4v) is 1.19. The number of carboxylic acid groups (broad SMARTS) is 1. The van der Waals surface area contributed by atoms with E-state index in [2.05, 4.69) is 10.6 Å². The van der Waals surface area contributed by atoms with E-state index in [4.69, 9.17) is 5.11 Å². The highest BCUT2D eigenvalue weighted by molar-refractivity contribution is 5.82. The van der Waals surface area contributed by atoms with Gasteiger partial charge in [0.2, 0.25) is 0 Å². The maximum Gasteiger partial charge on any atom is 0.326 e. The van der Waals surface area contributed by atoms with Crippen molar-refractivity contribution in [1.29, 1.82) is 0 Å². The molecule has 5 nitrogen and oxygen atoms in total. The zero-order valence-corrected chi connectivity index (χ0v) is 10.2. The van der Waals surface area contributed by atoms with E-state index in [-0.39, 0.29) is 6.04 Å². The average molecular weight is 230 g/mol. The fourth-order valence-electron chi connectivity index (χ4n) is 1.19. The van der Waals surface area contributed by atoms with Crippen LogP contribution in [0.15, 0.2) is 0 Å². The van der Waals surface area contributed by atoms with Crippen LogP contribution in [0.25, 0.3) is 0 Å². The molecule has 2 amide bonds. The molecule has 94 valence electrons. The van der Waals surface area contributed by atoms with Crippen molar-refractivity contribution in [3.05, 3.63) is 0 Å². The fraction of sp³-hybridized carbons (Fsp3) is 0.818. The third kappa shape index (κ3) is 6.27. The maximum atomic E-state index is 11.4. The van der Waals surface area contributed by atoms with Crippen molar-refractivity contribution in [3.8, 4) is 0 Å². The third-order valence-electron chi connectivity index (χ3n) is 2.44. The van der Waals surface area contributed by atoms with Crippen LogP contribution in [0.3, 0.4) is 0 Å². The van der Waals surface area contributed by atoms with Crippen LogP contribution < -0.4 is 10.6 Å². The molecular weight excluding hydrogens is 208 g/mol. The molecule has 0 saturated heterocycles. The van der Waals surface area contributed by atoms with Crippen molar-refractivity contribution in [3.63, 3.8) is 0 Å². The number of carbonyl (C=O) groups excluding carboxylic acids is 1. The van der Waals surface area contributed by atoms with Crippen LogP contribution in [0.5, 0.6) is 0 Å². The normalized spacial score (nSPS) is 13.9. The molecule has 0 saturated carbocycles. The highest BCUT2D eigenvalue weighted by Crippen LogP contribution is 2.01. The first-order chi connectivity index (χ1) is 7.51. The molecular formula is C11H22N2O3. The Morgan fingerprint density at radius 3 is 2.31 bits per heavy atom. The summed E-state index contributed by atoms with van der Waals surface area (Å²) in [7, 11) is 0. The van der Waals surface area contributed by atoms with Gasteiger partial charge in [-0.25, -0.2) is 9.59 Å². The molecule has 0 aromatic carbocycles. The van der Waals surface area contributed by atoms with E-state index in [1.165, 1.54) is 0 Å². The lowest BCUT2D eigenvalue weighted by molar-refractivity contribution is -0.139. The zero-order chi connectivity index (χ0) is 12.6. The molecule has 16 heavy (non-hydrogen) atoms. The number of unbranched alkanes of at least 4 members (excludes halogenated alkanes) is 1. The molecule has 0 aliphatic heterocycles. The van der Waals surface area contributed by atoms with Gasteiger partial charge in [-0.3, -0.25) is 0 Å². The largest absolute Gasteiger partial charge is 0.480 e. The number of hydrogen-bond acceptors (Lipinski definition) is 2. The van der Waals surface area contributed by atoms with E-state index in [1.54, 1.807) is 0 Å². The van der Waals surface area contributed by atoms with Crippen LogP contribution >= 0.6 is 0 Å². The van der Waals surface area contributed by atoms with Crippen molar-refractivity contribution in [1.82, 2.24) is 10.6 Å². The van der Waals surface area contributed by atoms with E-state index >= 15 is 0 Å². The van der Waals surface area contributed by atoms with Gasteiger partial charge in [0.1, 0.15) is 6.04 Å². The van der Waals surface area contributed by atoms with Gasteiger partial charge >= 0.3 is 12.0 Å². The molecule has 2 unspecified atom stereocenters. The predicted octanol–water partition coefficient (Wildman–Crippen LogP) is 1.73. The minimum absolute atomic E-state index is 0.0561. The summed E-state index contributed by atoms with van der Waals surface area (Å²) in [6.45, 7) is 5.82. The number of nitrogens with one attached hydrogen (secondary N) is 2. The Morgan fingerprint density at radius 2 is 1.88 bits per heavy atom. The summed E-state index contributed by atoms with van der Waals surface area (Å²) in [6.07, 6.45) is 3.00. The minimum atomic E-state index is -0.979. The van der Waals surface area contributed by atoms with Crippen molar-refractivity contribution < 1.29 is 14.7 Å². The molecule has 5 heteroatoms. The summed E-state index contributed by atoms with van der Waals surface area (Å²) in [5.74, 6) is -0.979. The van der Waals surface area contributed by atoms with Gasteiger partial charge in [-0.1, -0.05) is 26.7 Å². The molecule has 0 heterocycles. The summed E-state index contributed by atoms with van der Waals surface area (Å²) < 4.78 is 0. The number of carbonyl (C=O) groups is 2. The Balaban J connectivity index is 4.07. The lowest BCUT2D eigenvalue weighted by Gasteiger charge is -2.17. The van der Waals surface area contributed by atoms with Crippen LogP contribution in [0.4, 0.5) is 4.79 Å². The SMILES string of the molecule is CCCCC(NC(=O)NC(C)CC)C(=O)O. The lowest BCUT2D eigenvalue weighted by atomic mass is 10.1. The average Bonchev–Trinajstić information content (AvgIpc) is 2.23. The third-order valence-corrected chi connectivity index (χ3v) is 2.44. The molecule has 3 N–H and O–H groups in total. The Bertz CT molecular complexity index is 231. The van der Waals surface area contributed by atoms with Gasteiger partial charge in [0.05, 0.1) is 0 Å². The van der Waals surface area contributed by atoms with Gasteiger partial charge in [0, 0.05) is 6.04 Å². The highest BCUT2D eigenvalue weighted by Gasteiger charge is 2.19. The van der Waals surface area contributed by atoms with Crippen LogP contribution in [0.2, 0.25) is 0 Å². The molecule has 0 aromatic rings. The summed E-state index contributed by atoms with van der Waals surface area (Å²) in [4.78, 5) is 22.3. The number of urea groups is 1. The molecule has 0 aromatic heterocycles. The summed E-state index contributed by atoms with van der Waals surface area (Å²) >= 11 is 0.